The molecule has 2 heterocycles. The van der Waals surface area contributed by atoms with Gasteiger partial charge in [-0.15, -0.1) is 36.2 Å². The lowest BCUT2D eigenvalue weighted by molar-refractivity contribution is 0.0951. The average molecular weight is 454 g/mol. The van der Waals surface area contributed by atoms with Crippen molar-refractivity contribution in [3.63, 3.8) is 0 Å². The first-order valence-electron chi connectivity index (χ1n) is 8.19. The third-order valence-corrected chi connectivity index (χ3v) is 5.42. The van der Waals surface area contributed by atoms with E-state index in [1.165, 1.54) is 26.0 Å². The van der Waals surface area contributed by atoms with Crippen LogP contribution in [0.5, 0.6) is 5.75 Å². The van der Waals surface area contributed by atoms with Crippen LogP contribution in [-0.2, 0) is 6.42 Å². The first kappa shape index (κ1) is 23.6. The number of nitrogens with two attached hydrogens (primary N) is 1. The molecule has 1 amide bonds. The van der Waals surface area contributed by atoms with E-state index in [1.54, 1.807) is 17.4 Å². The number of amides is 1. The van der Waals surface area contributed by atoms with Crippen LogP contribution in [0.15, 0.2) is 17.5 Å². The van der Waals surface area contributed by atoms with Crippen LogP contribution in [0.25, 0.3) is 0 Å². The van der Waals surface area contributed by atoms with E-state index in [0.29, 0.717) is 35.0 Å². The molecule has 150 valence electrons. The second-order valence-electron chi connectivity index (χ2n) is 5.90. The second-order valence-corrected chi connectivity index (χ2v) is 7.14. The monoisotopic (exact) mass is 452 g/mol. The molecule has 1 saturated heterocycles. The van der Waals surface area contributed by atoms with Gasteiger partial charge in [0.05, 0.1) is 29.1 Å². The molecule has 27 heavy (non-hydrogen) atoms. The first-order valence-corrected chi connectivity index (χ1v) is 9.45. The Bertz CT molecular complexity index is 767. The fraction of sp³-hybridized carbons (Fsp3) is 0.412. The minimum Gasteiger partial charge on any atom is -0.496 e. The standard InChI is InChI=1S/C17H21ClN4O2S.2ClH/c1-24-15-9-14(19)13(18)8-12(15)16(23)20-5-4-11-10-25-17(21-11)22-6-2-3-7-22;;/h8-10H,2-7,19H2,1H3,(H,20,23);2*1H. The van der Waals surface area contributed by atoms with Crippen molar-refractivity contribution >= 4 is 64.5 Å². The van der Waals surface area contributed by atoms with Gasteiger partial charge in [0.1, 0.15) is 5.75 Å². The van der Waals surface area contributed by atoms with Crippen LogP contribution < -0.4 is 20.7 Å². The van der Waals surface area contributed by atoms with Crippen LogP contribution >= 0.6 is 47.8 Å². The lowest BCUT2D eigenvalue weighted by Crippen LogP contribution is -2.26. The van der Waals surface area contributed by atoms with E-state index in [-0.39, 0.29) is 30.7 Å². The van der Waals surface area contributed by atoms with Gasteiger partial charge in [-0.3, -0.25) is 4.79 Å². The van der Waals surface area contributed by atoms with Crippen LogP contribution in [0.2, 0.25) is 5.02 Å². The summed E-state index contributed by atoms with van der Waals surface area (Å²) in [5.41, 5.74) is 7.49. The van der Waals surface area contributed by atoms with E-state index in [2.05, 4.69) is 20.6 Å². The number of carbonyl (C=O) groups is 1. The molecule has 1 aliphatic heterocycles. The lowest BCUT2D eigenvalue weighted by atomic mass is 10.1. The summed E-state index contributed by atoms with van der Waals surface area (Å²) in [6, 6.07) is 3.08. The number of hydrogen-bond acceptors (Lipinski definition) is 6. The number of rotatable bonds is 6. The van der Waals surface area contributed by atoms with Crippen molar-refractivity contribution in [3.8, 4) is 5.75 Å². The minimum atomic E-state index is -0.242. The van der Waals surface area contributed by atoms with Crippen molar-refractivity contribution in [3.05, 3.63) is 33.8 Å². The number of methoxy groups -OCH3 is 1. The Kier molecular flexibility index (Phi) is 9.45. The van der Waals surface area contributed by atoms with Gasteiger partial charge in [-0.05, 0) is 18.9 Å². The first-order chi connectivity index (χ1) is 12.1. The van der Waals surface area contributed by atoms with Gasteiger partial charge in [0.2, 0.25) is 0 Å². The summed E-state index contributed by atoms with van der Waals surface area (Å²) >= 11 is 7.67. The predicted molar refractivity (Wildman–Crippen MR) is 117 cm³/mol. The van der Waals surface area contributed by atoms with Gasteiger partial charge < -0.3 is 20.7 Å². The van der Waals surface area contributed by atoms with Crippen LogP contribution in [-0.4, -0.2) is 37.6 Å². The smallest absolute Gasteiger partial charge is 0.255 e. The molecule has 0 aliphatic carbocycles. The third kappa shape index (κ3) is 5.78. The highest BCUT2D eigenvalue weighted by atomic mass is 35.5. The summed E-state index contributed by atoms with van der Waals surface area (Å²) in [6.07, 6.45) is 3.15. The second kappa shape index (κ2) is 10.8. The number of ether oxygens (including phenoxy) is 1. The largest absolute Gasteiger partial charge is 0.496 e. The van der Waals surface area contributed by atoms with Crippen molar-refractivity contribution in [1.82, 2.24) is 10.3 Å². The summed E-state index contributed by atoms with van der Waals surface area (Å²) in [5, 5.41) is 6.35. The van der Waals surface area contributed by atoms with Gasteiger partial charge in [-0.25, -0.2) is 4.98 Å². The molecule has 3 rings (SSSR count). The van der Waals surface area contributed by atoms with Gasteiger partial charge in [-0.1, -0.05) is 11.6 Å². The molecular weight excluding hydrogens is 431 g/mol. The Labute approximate surface area is 180 Å². The maximum atomic E-state index is 12.4. The van der Waals surface area contributed by atoms with E-state index in [0.717, 1.165) is 23.9 Å². The van der Waals surface area contributed by atoms with Crippen molar-refractivity contribution in [2.45, 2.75) is 19.3 Å². The van der Waals surface area contributed by atoms with Crippen molar-refractivity contribution in [1.29, 1.82) is 0 Å². The number of aromatic nitrogens is 1. The summed E-state index contributed by atoms with van der Waals surface area (Å²) < 4.78 is 5.21. The molecule has 0 bridgehead atoms. The van der Waals surface area contributed by atoms with Gasteiger partial charge in [0, 0.05) is 37.5 Å². The number of nitrogens with one attached hydrogen (secondary N) is 1. The number of hydrogen-bond donors (Lipinski definition) is 2. The van der Waals surface area contributed by atoms with Gasteiger partial charge in [0.15, 0.2) is 5.13 Å². The third-order valence-electron chi connectivity index (χ3n) is 4.15. The van der Waals surface area contributed by atoms with Gasteiger partial charge in [-0.2, -0.15) is 0 Å². The highest BCUT2D eigenvalue weighted by Crippen LogP contribution is 2.29. The molecule has 1 aromatic carbocycles. The number of thiazole rings is 1. The van der Waals surface area contributed by atoms with Crippen LogP contribution in [0.3, 0.4) is 0 Å². The van der Waals surface area contributed by atoms with E-state index in [4.69, 9.17) is 22.1 Å². The summed E-state index contributed by atoms with van der Waals surface area (Å²) in [7, 11) is 1.49. The Balaban J connectivity index is 0.00000182. The molecule has 1 fully saturated rings. The zero-order chi connectivity index (χ0) is 17.8. The highest BCUT2D eigenvalue weighted by molar-refractivity contribution is 7.13. The number of nitrogens with zero attached hydrogens (tertiary/aromatic N) is 2. The minimum absolute atomic E-state index is 0. The highest BCUT2D eigenvalue weighted by Gasteiger charge is 2.17. The van der Waals surface area contributed by atoms with Crippen LogP contribution in [0.4, 0.5) is 10.8 Å². The lowest BCUT2D eigenvalue weighted by Gasteiger charge is -2.12. The maximum Gasteiger partial charge on any atom is 0.255 e. The number of halogens is 3. The normalized spacial score (nSPS) is 12.9. The SMILES string of the molecule is COc1cc(N)c(Cl)cc1C(=O)NCCc1csc(N2CCCC2)n1.Cl.Cl. The fourth-order valence-corrected chi connectivity index (χ4v) is 3.86. The van der Waals surface area contributed by atoms with E-state index < -0.39 is 0 Å². The van der Waals surface area contributed by atoms with Crippen molar-refractivity contribution < 1.29 is 9.53 Å². The van der Waals surface area contributed by atoms with Gasteiger partial charge in [0.25, 0.3) is 5.91 Å². The molecule has 10 heteroatoms. The molecular formula is C17H23Cl3N4O2S. The number of nitrogen functional groups attached to an aromatic ring is 1. The van der Waals surface area contributed by atoms with Crippen molar-refractivity contribution in [2.24, 2.45) is 0 Å². The maximum absolute atomic E-state index is 12.4. The van der Waals surface area contributed by atoms with Gasteiger partial charge >= 0.3 is 0 Å². The summed E-state index contributed by atoms with van der Waals surface area (Å²) in [4.78, 5) is 19.3. The molecule has 1 aliphatic rings. The Morgan fingerprint density at radius 1 is 1.37 bits per heavy atom. The van der Waals surface area contributed by atoms with E-state index >= 15 is 0 Å². The van der Waals surface area contributed by atoms with Crippen LogP contribution in [0.1, 0.15) is 28.9 Å². The average Bonchev–Trinajstić information content (AvgIpc) is 3.28. The number of anilines is 2. The number of benzene rings is 1. The Morgan fingerprint density at radius 2 is 2.07 bits per heavy atom. The van der Waals surface area contributed by atoms with E-state index in [1.807, 2.05) is 0 Å². The predicted octanol–water partition coefficient (Wildman–Crippen LogP) is 3.80. The molecule has 0 spiro atoms. The Hall–Kier alpha value is -1.41. The summed E-state index contributed by atoms with van der Waals surface area (Å²) in [5.74, 6) is 0.165. The van der Waals surface area contributed by atoms with E-state index in [9.17, 15) is 4.79 Å². The van der Waals surface area contributed by atoms with Crippen molar-refractivity contribution in [2.75, 3.05) is 37.4 Å². The zero-order valence-electron chi connectivity index (χ0n) is 14.9. The topological polar surface area (TPSA) is 80.5 Å². The van der Waals surface area contributed by atoms with Crippen LogP contribution in [0, 0.1) is 0 Å². The number of carbonyl (C=O) groups excluding carboxylic acids is 1. The molecule has 0 atom stereocenters. The molecule has 2 aromatic rings. The summed E-state index contributed by atoms with van der Waals surface area (Å²) in [6.45, 7) is 2.66. The fourth-order valence-electron chi connectivity index (χ4n) is 2.78. The molecule has 3 N–H and O–H groups in total. The molecule has 0 unspecified atom stereocenters. The molecule has 0 radical (unpaired) electrons. The molecule has 0 saturated carbocycles. The molecule has 6 nitrogen and oxygen atoms in total. The quantitative estimate of drug-likeness (QED) is 0.650. The zero-order valence-corrected chi connectivity index (χ0v) is 18.1. The Morgan fingerprint density at radius 3 is 2.74 bits per heavy atom. The molecule has 1 aromatic heterocycles.